The Labute approximate surface area is 160 Å². The molecule has 1 aromatic heterocycles. The van der Waals surface area contributed by atoms with Crippen molar-refractivity contribution in [3.05, 3.63) is 36.2 Å². The number of hydrogen-bond acceptors (Lipinski definition) is 5. The molecule has 0 aliphatic heterocycles. The van der Waals surface area contributed by atoms with E-state index in [-0.39, 0.29) is 29.8 Å². The molecule has 3 rings (SSSR count). The van der Waals surface area contributed by atoms with Gasteiger partial charge in [0.15, 0.2) is 0 Å². The van der Waals surface area contributed by atoms with Crippen LogP contribution in [0.1, 0.15) is 48.5 Å². The van der Waals surface area contributed by atoms with Gasteiger partial charge in [0.05, 0.1) is 18.2 Å². The van der Waals surface area contributed by atoms with E-state index >= 15 is 0 Å². The first-order valence-corrected chi connectivity index (χ1v) is 9.06. The zero-order chi connectivity index (χ0) is 19.9. The first kappa shape index (κ1) is 19.7. The SMILES string of the molecule is O=C(CNC(=O)c1ccccc1OC(F)F)Nc1ncn(C2CCCCC2)n1. The van der Waals surface area contributed by atoms with E-state index in [1.54, 1.807) is 11.0 Å². The monoisotopic (exact) mass is 393 g/mol. The zero-order valence-electron chi connectivity index (χ0n) is 15.1. The third kappa shape index (κ3) is 5.24. The van der Waals surface area contributed by atoms with Gasteiger partial charge in [0.2, 0.25) is 11.9 Å². The molecular weight excluding hydrogens is 372 g/mol. The van der Waals surface area contributed by atoms with Crippen LogP contribution in [0.3, 0.4) is 0 Å². The van der Waals surface area contributed by atoms with Gasteiger partial charge in [-0.25, -0.2) is 9.67 Å². The van der Waals surface area contributed by atoms with E-state index in [4.69, 9.17) is 0 Å². The van der Waals surface area contributed by atoms with Crippen LogP contribution in [-0.2, 0) is 4.79 Å². The molecule has 2 amide bonds. The molecule has 0 unspecified atom stereocenters. The molecule has 1 fully saturated rings. The maximum atomic E-state index is 12.4. The highest BCUT2D eigenvalue weighted by Crippen LogP contribution is 2.27. The van der Waals surface area contributed by atoms with Crippen molar-refractivity contribution in [2.45, 2.75) is 44.8 Å². The number of hydrogen-bond donors (Lipinski definition) is 2. The molecule has 1 saturated carbocycles. The second-order valence-electron chi connectivity index (χ2n) is 6.45. The topological polar surface area (TPSA) is 98.1 Å². The summed E-state index contributed by atoms with van der Waals surface area (Å²) in [5, 5.41) is 9.14. The van der Waals surface area contributed by atoms with Gasteiger partial charge >= 0.3 is 6.61 Å². The summed E-state index contributed by atoms with van der Waals surface area (Å²) in [4.78, 5) is 28.3. The lowest BCUT2D eigenvalue weighted by Gasteiger charge is -2.21. The summed E-state index contributed by atoms with van der Waals surface area (Å²) >= 11 is 0. The number of halogens is 2. The number of carbonyl (C=O) groups is 2. The number of anilines is 1. The number of carbonyl (C=O) groups excluding carboxylic acids is 2. The van der Waals surface area contributed by atoms with Crippen molar-refractivity contribution < 1.29 is 23.1 Å². The molecule has 0 radical (unpaired) electrons. The van der Waals surface area contributed by atoms with Gasteiger partial charge in [-0.1, -0.05) is 31.4 Å². The number of nitrogens with zero attached hydrogens (tertiary/aromatic N) is 3. The Balaban J connectivity index is 1.52. The second kappa shape index (κ2) is 9.25. The lowest BCUT2D eigenvalue weighted by atomic mass is 9.96. The first-order chi connectivity index (χ1) is 13.5. The summed E-state index contributed by atoms with van der Waals surface area (Å²) in [6.45, 7) is -3.41. The summed E-state index contributed by atoms with van der Waals surface area (Å²) in [5.41, 5.74) is -0.0877. The number of ether oxygens (including phenoxy) is 1. The van der Waals surface area contributed by atoms with Crippen LogP contribution in [0, 0.1) is 0 Å². The molecule has 0 atom stereocenters. The molecule has 2 aromatic rings. The van der Waals surface area contributed by atoms with Crippen LogP contribution in [0.15, 0.2) is 30.6 Å². The van der Waals surface area contributed by atoms with E-state index in [9.17, 15) is 18.4 Å². The summed E-state index contributed by atoms with van der Waals surface area (Å²) in [6, 6.07) is 5.85. The van der Waals surface area contributed by atoms with Crippen LogP contribution in [0.5, 0.6) is 5.75 Å². The van der Waals surface area contributed by atoms with Gasteiger partial charge < -0.3 is 10.1 Å². The third-order valence-corrected chi connectivity index (χ3v) is 4.47. The summed E-state index contributed by atoms with van der Waals surface area (Å²) < 4.78 is 30.9. The minimum Gasteiger partial charge on any atom is -0.434 e. The van der Waals surface area contributed by atoms with Crippen molar-refractivity contribution in [1.82, 2.24) is 20.1 Å². The molecule has 1 aliphatic rings. The standard InChI is InChI=1S/C18H21F2N5O3/c19-17(20)28-14-9-5-4-8-13(14)16(27)21-10-15(26)23-18-22-11-25(24-18)12-6-2-1-3-7-12/h4-5,8-9,11-12,17H,1-3,6-7,10H2,(H,21,27)(H,23,24,26). The largest absolute Gasteiger partial charge is 0.434 e. The molecule has 150 valence electrons. The molecule has 0 spiro atoms. The molecule has 1 aromatic carbocycles. The van der Waals surface area contributed by atoms with Crippen molar-refractivity contribution in [1.29, 1.82) is 0 Å². The van der Waals surface area contributed by atoms with Crippen LogP contribution in [-0.4, -0.2) is 39.7 Å². The summed E-state index contributed by atoms with van der Waals surface area (Å²) in [5.74, 6) is -1.33. The molecule has 10 heteroatoms. The lowest BCUT2D eigenvalue weighted by Crippen LogP contribution is -2.33. The van der Waals surface area contributed by atoms with E-state index in [0.717, 1.165) is 25.7 Å². The maximum Gasteiger partial charge on any atom is 0.387 e. The highest BCUT2D eigenvalue weighted by molar-refractivity contribution is 6.00. The highest BCUT2D eigenvalue weighted by Gasteiger charge is 2.18. The smallest absolute Gasteiger partial charge is 0.387 e. The molecule has 0 saturated heterocycles. The van der Waals surface area contributed by atoms with Gasteiger partial charge in [0, 0.05) is 0 Å². The van der Waals surface area contributed by atoms with Crippen LogP contribution in [0.2, 0.25) is 0 Å². The maximum absolute atomic E-state index is 12.4. The number of benzene rings is 1. The van der Waals surface area contributed by atoms with E-state index in [1.165, 1.54) is 30.7 Å². The first-order valence-electron chi connectivity index (χ1n) is 9.06. The second-order valence-corrected chi connectivity index (χ2v) is 6.45. The van der Waals surface area contributed by atoms with E-state index < -0.39 is 18.4 Å². The fraction of sp³-hybridized carbons (Fsp3) is 0.444. The van der Waals surface area contributed by atoms with Crippen molar-refractivity contribution >= 4 is 17.8 Å². The molecule has 1 heterocycles. The summed E-state index contributed by atoms with van der Waals surface area (Å²) in [6.07, 6.45) is 7.17. The fourth-order valence-electron chi connectivity index (χ4n) is 3.13. The number of rotatable bonds is 7. The average Bonchev–Trinajstić information content (AvgIpc) is 3.15. The van der Waals surface area contributed by atoms with E-state index in [1.807, 2.05) is 0 Å². The Morgan fingerprint density at radius 3 is 2.71 bits per heavy atom. The molecule has 8 nitrogen and oxygen atoms in total. The third-order valence-electron chi connectivity index (χ3n) is 4.47. The van der Waals surface area contributed by atoms with Crippen molar-refractivity contribution in [3.8, 4) is 5.75 Å². The minimum absolute atomic E-state index is 0.0877. The number of amides is 2. The summed E-state index contributed by atoms with van der Waals surface area (Å²) in [7, 11) is 0. The molecule has 0 bridgehead atoms. The van der Waals surface area contributed by atoms with Gasteiger partial charge in [0.25, 0.3) is 5.91 Å². The minimum atomic E-state index is -3.05. The van der Waals surface area contributed by atoms with E-state index in [0.29, 0.717) is 0 Å². The Bertz CT molecular complexity index is 821. The number of aromatic nitrogens is 3. The predicted molar refractivity (Wildman–Crippen MR) is 96.2 cm³/mol. The zero-order valence-corrected chi connectivity index (χ0v) is 15.1. The molecule has 1 aliphatic carbocycles. The van der Waals surface area contributed by atoms with Gasteiger partial charge in [0.1, 0.15) is 12.1 Å². The molecule has 28 heavy (non-hydrogen) atoms. The number of nitrogens with one attached hydrogen (secondary N) is 2. The lowest BCUT2D eigenvalue weighted by molar-refractivity contribution is -0.115. The Hall–Kier alpha value is -3.04. The molecular formula is C18H21F2N5O3. The Morgan fingerprint density at radius 1 is 1.21 bits per heavy atom. The number of alkyl halides is 2. The van der Waals surface area contributed by atoms with Gasteiger partial charge in [-0.05, 0) is 25.0 Å². The van der Waals surface area contributed by atoms with Gasteiger partial charge in [-0.2, -0.15) is 8.78 Å². The van der Waals surface area contributed by atoms with Crippen molar-refractivity contribution in [2.75, 3.05) is 11.9 Å². The van der Waals surface area contributed by atoms with Crippen LogP contribution in [0.4, 0.5) is 14.7 Å². The fourth-order valence-corrected chi connectivity index (χ4v) is 3.13. The van der Waals surface area contributed by atoms with Crippen LogP contribution >= 0.6 is 0 Å². The van der Waals surface area contributed by atoms with Crippen molar-refractivity contribution in [2.24, 2.45) is 0 Å². The highest BCUT2D eigenvalue weighted by atomic mass is 19.3. The van der Waals surface area contributed by atoms with Gasteiger partial charge in [-0.3, -0.25) is 14.9 Å². The van der Waals surface area contributed by atoms with Crippen LogP contribution < -0.4 is 15.4 Å². The van der Waals surface area contributed by atoms with Crippen molar-refractivity contribution in [3.63, 3.8) is 0 Å². The quantitative estimate of drug-likeness (QED) is 0.754. The van der Waals surface area contributed by atoms with Gasteiger partial charge in [-0.15, -0.1) is 5.10 Å². The molecule has 2 N–H and O–H groups in total. The van der Waals surface area contributed by atoms with E-state index in [2.05, 4.69) is 25.5 Å². The normalized spacial score (nSPS) is 14.7. The number of para-hydroxylation sites is 1. The predicted octanol–water partition coefficient (Wildman–Crippen LogP) is 2.75. The van der Waals surface area contributed by atoms with Crippen LogP contribution in [0.25, 0.3) is 0 Å². The average molecular weight is 393 g/mol. The Kier molecular flexibility index (Phi) is 6.51. The Morgan fingerprint density at radius 2 is 1.96 bits per heavy atom.